The minimum atomic E-state index is -5.15. The molecule has 1 heterocycles. The second-order valence-electron chi connectivity index (χ2n) is 5.87. The Morgan fingerprint density at radius 1 is 0.880 bits per heavy atom. The predicted octanol–water partition coefficient (Wildman–Crippen LogP) is 4.27. The summed E-state index contributed by atoms with van der Waals surface area (Å²) in [7, 11) is 0. The molecule has 6 heteroatoms. The van der Waals surface area contributed by atoms with Crippen molar-refractivity contribution in [1.82, 2.24) is 0 Å². The fourth-order valence-corrected chi connectivity index (χ4v) is 3.30. The van der Waals surface area contributed by atoms with Crippen molar-refractivity contribution in [2.75, 3.05) is 4.90 Å². The molecule has 1 aliphatic rings. The van der Waals surface area contributed by atoms with Gasteiger partial charge in [-0.3, -0.25) is 9.69 Å². The number of hydrogen-bond acceptors (Lipinski definition) is 2. The van der Waals surface area contributed by atoms with E-state index in [0.29, 0.717) is 5.39 Å². The van der Waals surface area contributed by atoms with Crippen molar-refractivity contribution in [3.8, 4) is 0 Å². The Morgan fingerprint density at radius 2 is 1.52 bits per heavy atom. The lowest BCUT2D eigenvalue weighted by atomic mass is 9.90. The molecule has 1 N–H and O–H groups in total. The molecule has 1 aliphatic heterocycles. The normalized spacial score (nSPS) is 20.2. The Morgan fingerprint density at radius 3 is 2.20 bits per heavy atom. The summed E-state index contributed by atoms with van der Waals surface area (Å²) < 4.78 is 41.4. The van der Waals surface area contributed by atoms with Crippen molar-refractivity contribution in [3.63, 3.8) is 0 Å². The summed E-state index contributed by atoms with van der Waals surface area (Å²) in [5.41, 5.74) is -3.70. The van der Waals surface area contributed by atoms with Gasteiger partial charge in [0.2, 0.25) is 0 Å². The largest absolute Gasteiger partial charge is 0.430 e. The van der Waals surface area contributed by atoms with Gasteiger partial charge < -0.3 is 5.11 Å². The molecule has 1 atom stereocenters. The van der Waals surface area contributed by atoms with E-state index in [2.05, 4.69) is 0 Å². The van der Waals surface area contributed by atoms with Crippen LogP contribution in [0.5, 0.6) is 0 Å². The Kier molecular flexibility index (Phi) is 3.17. The number of alkyl halides is 3. The summed E-state index contributed by atoms with van der Waals surface area (Å²) in [4.78, 5) is 13.7. The first-order valence-corrected chi connectivity index (χ1v) is 7.56. The van der Waals surface area contributed by atoms with Gasteiger partial charge in [0, 0.05) is 11.3 Å². The molecule has 3 aromatic rings. The first kappa shape index (κ1) is 15.7. The van der Waals surface area contributed by atoms with Gasteiger partial charge in [0.15, 0.2) is 0 Å². The zero-order chi connectivity index (χ0) is 17.8. The van der Waals surface area contributed by atoms with E-state index in [9.17, 15) is 23.1 Å². The van der Waals surface area contributed by atoms with Gasteiger partial charge in [-0.15, -0.1) is 0 Å². The number of carbonyl (C=O) groups excluding carboxylic acids is 1. The number of amides is 1. The van der Waals surface area contributed by atoms with E-state index in [0.717, 1.165) is 4.90 Å². The lowest BCUT2D eigenvalue weighted by Gasteiger charge is -2.26. The van der Waals surface area contributed by atoms with Gasteiger partial charge in [-0.1, -0.05) is 48.5 Å². The molecule has 0 unspecified atom stereocenters. The van der Waals surface area contributed by atoms with Crippen LogP contribution in [0.4, 0.5) is 24.5 Å². The van der Waals surface area contributed by atoms with E-state index < -0.39 is 23.2 Å². The molecule has 0 bridgehead atoms. The number of hydrogen-bond donors (Lipinski definition) is 1. The highest BCUT2D eigenvalue weighted by Crippen LogP contribution is 2.53. The topological polar surface area (TPSA) is 40.5 Å². The number of benzene rings is 3. The Hall–Kier alpha value is -2.86. The third-order valence-corrected chi connectivity index (χ3v) is 4.45. The van der Waals surface area contributed by atoms with Crippen LogP contribution in [0, 0.1) is 0 Å². The lowest BCUT2D eigenvalue weighted by Crippen LogP contribution is -2.49. The Labute approximate surface area is 140 Å². The molecule has 25 heavy (non-hydrogen) atoms. The van der Waals surface area contributed by atoms with E-state index in [1.165, 1.54) is 24.3 Å². The van der Waals surface area contributed by atoms with E-state index in [1.807, 2.05) is 0 Å². The van der Waals surface area contributed by atoms with Gasteiger partial charge in [0.25, 0.3) is 11.5 Å². The van der Waals surface area contributed by atoms with Crippen molar-refractivity contribution < 1.29 is 23.1 Å². The molecule has 3 aromatic carbocycles. The number of aliphatic hydroxyl groups is 1. The molecule has 0 aromatic heterocycles. The molecular weight excluding hydrogens is 331 g/mol. The van der Waals surface area contributed by atoms with Crippen molar-refractivity contribution in [2.24, 2.45) is 0 Å². The molecule has 0 fully saturated rings. The third-order valence-electron chi connectivity index (χ3n) is 4.45. The quantitative estimate of drug-likeness (QED) is 0.717. The number of carbonyl (C=O) groups is 1. The van der Waals surface area contributed by atoms with Gasteiger partial charge in [-0.2, -0.15) is 13.2 Å². The van der Waals surface area contributed by atoms with Crippen molar-refractivity contribution >= 4 is 28.1 Å². The minimum Gasteiger partial charge on any atom is -0.368 e. The maximum atomic E-state index is 13.8. The minimum absolute atomic E-state index is 0.0368. The van der Waals surface area contributed by atoms with Crippen LogP contribution in [0.15, 0.2) is 66.7 Å². The van der Waals surface area contributed by atoms with Crippen LogP contribution in [0.3, 0.4) is 0 Å². The average Bonchev–Trinajstić information content (AvgIpc) is 2.84. The van der Waals surface area contributed by atoms with Gasteiger partial charge in [-0.05, 0) is 29.0 Å². The molecule has 126 valence electrons. The molecule has 0 saturated carbocycles. The second kappa shape index (κ2) is 5.07. The summed E-state index contributed by atoms with van der Waals surface area (Å²) in [6, 6.07) is 17.4. The molecule has 3 nitrogen and oxygen atoms in total. The molecule has 0 radical (unpaired) electrons. The number of rotatable bonds is 1. The molecule has 4 rings (SSSR count). The van der Waals surface area contributed by atoms with Gasteiger partial charge >= 0.3 is 6.18 Å². The van der Waals surface area contributed by atoms with Gasteiger partial charge in [0.1, 0.15) is 0 Å². The summed E-state index contributed by atoms with van der Waals surface area (Å²) >= 11 is 0. The lowest BCUT2D eigenvalue weighted by molar-refractivity contribution is -0.252. The number of para-hydroxylation sites is 1. The van der Waals surface area contributed by atoms with Crippen molar-refractivity contribution in [3.05, 3.63) is 72.3 Å². The summed E-state index contributed by atoms with van der Waals surface area (Å²) in [6.45, 7) is 0. The summed E-state index contributed by atoms with van der Waals surface area (Å²) in [5, 5.41) is 11.3. The number of fused-ring (bicyclic) bond motifs is 3. The SMILES string of the molecule is O=C1N(c2ccccc2)c2ccc3ccccc3c2[C@]1(O)C(F)(F)F. The zero-order valence-corrected chi connectivity index (χ0v) is 12.8. The van der Waals surface area contributed by atoms with E-state index in [4.69, 9.17) is 0 Å². The van der Waals surface area contributed by atoms with Crippen LogP contribution >= 0.6 is 0 Å². The standard InChI is InChI=1S/C19H12F3NO2/c20-19(21,22)18(25)16-14-9-5-4-6-12(14)10-11-15(16)23(17(18)24)13-7-2-1-3-8-13/h1-11,25H/t18-/m1/s1. The van der Waals surface area contributed by atoms with Crippen LogP contribution in [-0.2, 0) is 10.4 Å². The fourth-order valence-electron chi connectivity index (χ4n) is 3.30. The maximum Gasteiger partial charge on any atom is 0.430 e. The smallest absolute Gasteiger partial charge is 0.368 e. The van der Waals surface area contributed by atoms with Gasteiger partial charge in [-0.25, -0.2) is 0 Å². The first-order chi connectivity index (χ1) is 11.9. The second-order valence-corrected chi connectivity index (χ2v) is 5.87. The summed E-state index contributed by atoms with van der Waals surface area (Å²) in [5.74, 6) is -1.42. The van der Waals surface area contributed by atoms with E-state index in [-0.39, 0.29) is 16.8 Å². The predicted molar refractivity (Wildman–Crippen MR) is 87.5 cm³/mol. The van der Waals surface area contributed by atoms with E-state index in [1.54, 1.807) is 42.5 Å². The molecule has 0 saturated heterocycles. The number of anilines is 2. The summed E-state index contributed by atoms with van der Waals surface area (Å²) in [6.07, 6.45) is -5.15. The maximum absolute atomic E-state index is 13.8. The highest BCUT2D eigenvalue weighted by Gasteiger charge is 2.67. The van der Waals surface area contributed by atoms with Crippen molar-refractivity contribution in [1.29, 1.82) is 0 Å². The molecule has 0 aliphatic carbocycles. The first-order valence-electron chi connectivity index (χ1n) is 7.56. The average molecular weight is 343 g/mol. The fraction of sp³-hybridized carbons (Fsp3) is 0.105. The number of nitrogens with zero attached hydrogens (tertiary/aromatic N) is 1. The van der Waals surface area contributed by atoms with Gasteiger partial charge in [0.05, 0.1) is 5.69 Å². The Bertz CT molecular complexity index is 985. The van der Waals surface area contributed by atoms with Crippen LogP contribution in [0.25, 0.3) is 10.8 Å². The highest BCUT2D eigenvalue weighted by molar-refractivity contribution is 6.16. The third kappa shape index (κ3) is 2.01. The number of halogens is 3. The molecule has 0 spiro atoms. The Balaban J connectivity index is 2.10. The van der Waals surface area contributed by atoms with Crippen LogP contribution in [-0.4, -0.2) is 17.2 Å². The zero-order valence-electron chi connectivity index (χ0n) is 12.8. The van der Waals surface area contributed by atoms with Crippen LogP contribution < -0.4 is 4.90 Å². The van der Waals surface area contributed by atoms with Crippen LogP contribution in [0.2, 0.25) is 0 Å². The molecular formula is C19H12F3NO2. The molecule has 1 amide bonds. The van der Waals surface area contributed by atoms with Crippen LogP contribution in [0.1, 0.15) is 5.56 Å². The highest BCUT2D eigenvalue weighted by atomic mass is 19.4. The van der Waals surface area contributed by atoms with Crippen molar-refractivity contribution in [2.45, 2.75) is 11.8 Å². The monoisotopic (exact) mass is 343 g/mol. The van der Waals surface area contributed by atoms with E-state index >= 15 is 0 Å².